The molecule has 0 heterocycles. The van der Waals surface area contributed by atoms with Gasteiger partial charge in [0.05, 0.1) is 0 Å². The van der Waals surface area contributed by atoms with Crippen molar-refractivity contribution in [3.63, 3.8) is 0 Å². The van der Waals surface area contributed by atoms with Crippen LogP contribution in [0.3, 0.4) is 0 Å². The molecule has 0 saturated heterocycles. The molecule has 5 N–H and O–H groups in total. The van der Waals surface area contributed by atoms with Gasteiger partial charge in [0.1, 0.15) is 6.10 Å². The molecule has 0 spiro atoms. The van der Waals surface area contributed by atoms with E-state index in [1.165, 1.54) is 0 Å². The van der Waals surface area contributed by atoms with E-state index < -0.39 is 12.0 Å². The van der Waals surface area contributed by atoms with Gasteiger partial charge in [0.15, 0.2) is 0 Å². The maximum absolute atomic E-state index is 10.6. The molecule has 4 nitrogen and oxygen atoms in total. The molecule has 1 fully saturated rings. The molecule has 70 valence electrons. The van der Waals surface area contributed by atoms with Crippen LogP contribution in [-0.4, -0.2) is 23.2 Å². The summed E-state index contributed by atoms with van der Waals surface area (Å²) in [6, 6.07) is 0.123. The number of carbonyl (C=O) groups is 1. The molecule has 0 aliphatic heterocycles. The Morgan fingerprint density at radius 2 is 2.17 bits per heavy atom. The maximum atomic E-state index is 10.6. The zero-order valence-electron chi connectivity index (χ0n) is 7.07. The number of amides is 1. The van der Waals surface area contributed by atoms with Crippen molar-refractivity contribution in [2.75, 3.05) is 0 Å². The second-order valence-corrected chi connectivity index (χ2v) is 3.53. The summed E-state index contributed by atoms with van der Waals surface area (Å²) in [4.78, 5) is 10.6. The molecule has 1 saturated carbocycles. The first-order valence-electron chi connectivity index (χ1n) is 4.34. The summed E-state index contributed by atoms with van der Waals surface area (Å²) < 4.78 is 0. The van der Waals surface area contributed by atoms with E-state index in [1.807, 2.05) is 0 Å². The van der Waals surface area contributed by atoms with E-state index in [0.717, 1.165) is 19.3 Å². The monoisotopic (exact) mass is 172 g/mol. The van der Waals surface area contributed by atoms with Gasteiger partial charge in [0.2, 0.25) is 5.91 Å². The van der Waals surface area contributed by atoms with Crippen LogP contribution >= 0.6 is 0 Å². The number of primary amides is 1. The third kappa shape index (κ3) is 2.19. The van der Waals surface area contributed by atoms with Gasteiger partial charge >= 0.3 is 0 Å². The Kier molecular flexibility index (Phi) is 3.05. The zero-order valence-corrected chi connectivity index (χ0v) is 7.07. The maximum Gasteiger partial charge on any atom is 0.246 e. The minimum Gasteiger partial charge on any atom is -0.383 e. The highest BCUT2D eigenvalue weighted by Crippen LogP contribution is 2.25. The molecule has 12 heavy (non-hydrogen) atoms. The normalized spacial score (nSPS) is 32.8. The minimum atomic E-state index is -1.00. The lowest BCUT2D eigenvalue weighted by Crippen LogP contribution is -2.40. The average molecular weight is 172 g/mol. The van der Waals surface area contributed by atoms with Crippen molar-refractivity contribution in [2.24, 2.45) is 17.4 Å². The fraction of sp³-hybridized carbons (Fsp3) is 0.875. The SMILES string of the molecule is NC(=O)C(O)C1CCCC(N)C1. The number of nitrogens with two attached hydrogens (primary N) is 2. The highest BCUT2D eigenvalue weighted by atomic mass is 16.3. The Labute approximate surface area is 71.9 Å². The lowest BCUT2D eigenvalue weighted by atomic mass is 9.82. The molecule has 3 atom stereocenters. The fourth-order valence-corrected chi connectivity index (χ4v) is 1.79. The summed E-state index contributed by atoms with van der Waals surface area (Å²) >= 11 is 0. The third-order valence-corrected chi connectivity index (χ3v) is 2.49. The van der Waals surface area contributed by atoms with Gasteiger partial charge in [-0.25, -0.2) is 0 Å². The first-order chi connectivity index (χ1) is 5.61. The Morgan fingerprint density at radius 1 is 1.50 bits per heavy atom. The molecule has 0 aromatic heterocycles. The van der Waals surface area contributed by atoms with Crippen molar-refractivity contribution in [2.45, 2.75) is 37.8 Å². The molecule has 4 heteroatoms. The lowest BCUT2D eigenvalue weighted by Gasteiger charge is -2.28. The highest BCUT2D eigenvalue weighted by molar-refractivity contribution is 5.78. The molecule has 1 aliphatic rings. The van der Waals surface area contributed by atoms with Gasteiger partial charge in [-0.15, -0.1) is 0 Å². The van der Waals surface area contributed by atoms with Crippen LogP contribution < -0.4 is 11.5 Å². The van der Waals surface area contributed by atoms with Gasteiger partial charge < -0.3 is 16.6 Å². The van der Waals surface area contributed by atoms with Gasteiger partial charge in [-0.2, -0.15) is 0 Å². The quantitative estimate of drug-likeness (QED) is 0.517. The Bertz CT molecular complexity index is 172. The summed E-state index contributed by atoms with van der Waals surface area (Å²) in [6.07, 6.45) is 2.54. The van der Waals surface area contributed by atoms with Crippen LogP contribution in [0.2, 0.25) is 0 Å². The van der Waals surface area contributed by atoms with Crippen LogP contribution in [0, 0.1) is 5.92 Å². The van der Waals surface area contributed by atoms with Crippen LogP contribution in [0.25, 0.3) is 0 Å². The van der Waals surface area contributed by atoms with Crippen LogP contribution in [0.1, 0.15) is 25.7 Å². The van der Waals surface area contributed by atoms with Crippen molar-refractivity contribution in [3.8, 4) is 0 Å². The molecule has 1 amide bonds. The van der Waals surface area contributed by atoms with Crippen molar-refractivity contribution < 1.29 is 9.90 Å². The average Bonchev–Trinajstić information content (AvgIpc) is 2.03. The number of hydrogen-bond acceptors (Lipinski definition) is 3. The standard InChI is InChI=1S/C8H16N2O2/c9-6-3-1-2-5(4-6)7(11)8(10)12/h5-7,11H,1-4,9H2,(H2,10,12). The Morgan fingerprint density at radius 3 is 2.67 bits per heavy atom. The number of aliphatic hydroxyl groups is 1. The molecule has 0 aromatic rings. The number of rotatable bonds is 2. The molecule has 1 aliphatic carbocycles. The fourth-order valence-electron chi connectivity index (χ4n) is 1.79. The van der Waals surface area contributed by atoms with Crippen LogP contribution in [0.5, 0.6) is 0 Å². The predicted molar refractivity (Wildman–Crippen MR) is 45.1 cm³/mol. The van der Waals surface area contributed by atoms with E-state index in [0.29, 0.717) is 6.42 Å². The molecular weight excluding hydrogens is 156 g/mol. The predicted octanol–water partition coefficient (Wildman–Crippen LogP) is -0.650. The van der Waals surface area contributed by atoms with Gasteiger partial charge in [-0.1, -0.05) is 6.42 Å². The van der Waals surface area contributed by atoms with Gasteiger partial charge in [-0.3, -0.25) is 4.79 Å². The van der Waals surface area contributed by atoms with Crippen molar-refractivity contribution in [1.29, 1.82) is 0 Å². The molecule has 1 rings (SSSR count). The summed E-state index contributed by atoms with van der Waals surface area (Å²) in [6.45, 7) is 0. The van der Waals surface area contributed by atoms with E-state index in [1.54, 1.807) is 0 Å². The van der Waals surface area contributed by atoms with E-state index in [-0.39, 0.29) is 12.0 Å². The highest BCUT2D eigenvalue weighted by Gasteiger charge is 2.28. The van der Waals surface area contributed by atoms with Crippen molar-refractivity contribution in [1.82, 2.24) is 0 Å². The number of carbonyl (C=O) groups excluding carboxylic acids is 1. The third-order valence-electron chi connectivity index (χ3n) is 2.49. The van der Waals surface area contributed by atoms with Gasteiger partial charge in [0.25, 0.3) is 0 Å². The summed E-state index contributed by atoms with van der Waals surface area (Å²) in [5, 5.41) is 9.34. The van der Waals surface area contributed by atoms with Crippen LogP contribution in [-0.2, 0) is 4.79 Å². The molecule has 3 unspecified atom stereocenters. The number of aliphatic hydroxyl groups excluding tert-OH is 1. The van der Waals surface area contributed by atoms with E-state index in [2.05, 4.69) is 0 Å². The van der Waals surface area contributed by atoms with E-state index in [9.17, 15) is 9.90 Å². The van der Waals surface area contributed by atoms with Gasteiger partial charge in [0, 0.05) is 6.04 Å². The second kappa shape index (κ2) is 3.87. The van der Waals surface area contributed by atoms with Gasteiger partial charge in [-0.05, 0) is 25.2 Å². The Balaban J connectivity index is 2.45. The minimum absolute atomic E-state index is 0.0220. The van der Waals surface area contributed by atoms with Crippen LogP contribution in [0.4, 0.5) is 0 Å². The summed E-state index contributed by atoms with van der Waals surface area (Å²) in [5.74, 6) is -0.652. The Hall–Kier alpha value is -0.610. The molecule has 0 aromatic carbocycles. The molecular formula is C8H16N2O2. The lowest BCUT2D eigenvalue weighted by molar-refractivity contribution is -0.129. The molecule has 0 bridgehead atoms. The zero-order chi connectivity index (χ0) is 9.14. The smallest absolute Gasteiger partial charge is 0.246 e. The second-order valence-electron chi connectivity index (χ2n) is 3.53. The van der Waals surface area contributed by atoms with Crippen molar-refractivity contribution >= 4 is 5.91 Å². The summed E-state index contributed by atoms with van der Waals surface area (Å²) in [7, 11) is 0. The summed E-state index contributed by atoms with van der Waals surface area (Å²) in [5.41, 5.74) is 10.7. The number of hydrogen-bond donors (Lipinski definition) is 3. The van der Waals surface area contributed by atoms with E-state index >= 15 is 0 Å². The topological polar surface area (TPSA) is 89.3 Å². The first-order valence-corrected chi connectivity index (χ1v) is 4.34. The van der Waals surface area contributed by atoms with Crippen LogP contribution in [0.15, 0.2) is 0 Å². The largest absolute Gasteiger partial charge is 0.383 e. The van der Waals surface area contributed by atoms with E-state index in [4.69, 9.17) is 11.5 Å². The first kappa shape index (κ1) is 9.48. The molecule has 0 radical (unpaired) electrons. The van der Waals surface area contributed by atoms with Crippen molar-refractivity contribution in [3.05, 3.63) is 0 Å².